The van der Waals surface area contributed by atoms with Crippen LogP contribution in [0.3, 0.4) is 0 Å². The Morgan fingerprint density at radius 2 is 2.00 bits per heavy atom. The van der Waals surface area contributed by atoms with Crippen molar-refractivity contribution in [1.82, 2.24) is 10.3 Å². The third-order valence-electron chi connectivity index (χ3n) is 3.85. The summed E-state index contributed by atoms with van der Waals surface area (Å²) in [5, 5.41) is 24.9. The zero-order valence-electron chi connectivity index (χ0n) is 13.9. The largest absolute Gasteiger partial charge is 0.475 e. The monoisotopic (exact) mass is 387 g/mol. The molecule has 2 amide bonds. The Hall–Kier alpha value is -2.88. The van der Waals surface area contributed by atoms with Gasteiger partial charge in [0.1, 0.15) is 11.4 Å². The van der Waals surface area contributed by atoms with Gasteiger partial charge in [0.15, 0.2) is 0 Å². The van der Waals surface area contributed by atoms with E-state index in [1.54, 1.807) is 6.07 Å². The van der Waals surface area contributed by atoms with E-state index in [1.807, 2.05) is 18.2 Å². The molecular weight excluding hydrogens is 372 g/mol. The molecule has 0 bridgehead atoms. The van der Waals surface area contributed by atoms with Crippen LogP contribution in [-0.4, -0.2) is 39.9 Å². The van der Waals surface area contributed by atoms with Crippen molar-refractivity contribution in [2.45, 2.75) is 12.4 Å². The van der Waals surface area contributed by atoms with Crippen molar-refractivity contribution in [3.8, 4) is 0 Å². The molecule has 0 saturated heterocycles. The molecule has 0 unspecified atom stereocenters. The summed E-state index contributed by atoms with van der Waals surface area (Å²) >= 11 is 5.79. The van der Waals surface area contributed by atoms with Crippen molar-refractivity contribution in [1.29, 1.82) is 0 Å². The molecule has 8 nitrogen and oxygen atoms in total. The number of hydrogen-bond acceptors (Lipinski definition) is 6. The van der Waals surface area contributed by atoms with E-state index in [9.17, 15) is 19.6 Å². The number of halogens is 1. The second-order valence-electron chi connectivity index (χ2n) is 5.77. The molecule has 2 heterocycles. The summed E-state index contributed by atoms with van der Waals surface area (Å²) in [4.78, 5) is 28.0. The van der Waals surface area contributed by atoms with Gasteiger partial charge in [-0.2, -0.15) is 0 Å². The summed E-state index contributed by atoms with van der Waals surface area (Å²) < 4.78 is 5.40. The molecule has 0 saturated carbocycles. The average molecular weight is 388 g/mol. The summed E-state index contributed by atoms with van der Waals surface area (Å²) in [6.07, 6.45) is 2.91. The number of rotatable bonds is 5. The van der Waals surface area contributed by atoms with Gasteiger partial charge in [0, 0.05) is 16.6 Å². The molecule has 0 aliphatic heterocycles. The Balaban J connectivity index is 1.68. The first-order chi connectivity index (χ1) is 12.9. The first kappa shape index (κ1) is 18.9. The lowest BCUT2D eigenvalue weighted by molar-refractivity contribution is -0.136. The van der Waals surface area contributed by atoms with Crippen molar-refractivity contribution in [2.24, 2.45) is 0 Å². The van der Waals surface area contributed by atoms with Crippen LogP contribution in [0.15, 0.2) is 53.3 Å². The first-order valence-corrected chi connectivity index (χ1v) is 8.36. The van der Waals surface area contributed by atoms with Crippen LogP contribution in [0.25, 0.3) is 11.0 Å². The van der Waals surface area contributed by atoms with Gasteiger partial charge in [-0.25, -0.2) is 4.98 Å². The van der Waals surface area contributed by atoms with Crippen LogP contribution in [0.1, 0.15) is 5.56 Å². The van der Waals surface area contributed by atoms with Crippen molar-refractivity contribution in [3.63, 3.8) is 0 Å². The molecule has 1 atom stereocenters. The molecule has 0 radical (unpaired) electrons. The molecule has 0 aliphatic carbocycles. The number of amides is 2. The zero-order valence-corrected chi connectivity index (χ0v) is 14.7. The van der Waals surface area contributed by atoms with Crippen LogP contribution in [0.2, 0.25) is 5.02 Å². The molecule has 3 aromatic rings. The molecule has 10 heteroatoms. The fourth-order valence-electron chi connectivity index (χ4n) is 2.54. The second-order valence-corrected chi connectivity index (χ2v) is 6.20. The highest BCUT2D eigenvalue weighted by atomic mass is 35.5. The third kappa shape index (κ3) is 4.65. The first-order valence-electron chi connectivity index (χ1n) is 7.98. The number of furan rings is 1. The van der Waals surface area contributed by atoms with Gasteiger partial charge in [-0.3, -0.25) is 9.59 Å². The smallest absolute Gasteiger partial charge is 0.464 e. The van der Waals surface area contributed by atoms with Gasteiger partial charge < -0.3 is 25.1 Å². The predicted molar refractivity (Wildman–Crippen MR) is 99.9 cm³/mol. The lowest BCUT2D eigenvalue weighted by Crippen LogP contribution is -2.51. The Bertz CT molecular complexity index is 978. The average Bonchev–Trinajstić information content (AvgIpc) is 3.04. The third-order valence-corrected chi connectivity index (χ3v) is 4.08. The van der Waals surface area contributed by atoms with Crippen molar-refractivity contribution < 1.29 is 24.1 Å². The number of carbonyl (C=O) groups is 2. The van der Waals surface area contributed by atoms with Gasteiger partial charge in [-0.1, -0.05) is 29.8 Å². The Kier molecular flexibility index (Phi) is 5.75. The van der Waals surface area contributed by atoms with Crippen LogP contribution in [0, 0.1) is 0 Å². The van der Waals surface area contributed by atoms with Crippen molar-refractivity contribution in [3.05, 3.63) is 59.4 Å². The van der Waals surface area contributed by atoms with Crippen LogP contribution < -0.4 is 10.6 Å². The summed E-state index contributed by atoms with van der Waals surface area (Å²) in [5.41, 5.74) is 1.30. The maximum absolute atomic E-state index is 12.1. The van der Waals surface area contributed by atoms with Crippen LogP contribution in [-0.2, 0) is 16.0 Å². The van der Waals surface area contributed by atoms with E-state index in [1.165, 1.54) is 24.6 Å². The molecular formula is C17H15BClN3O5. The highest BCUT2D eigenvalue weighted by Gasteiger charge is 2.29. The van der Waals surface area contributed by atoms with Gasteiger partial charge in [-0.15, -0.1) is 0 Å². The van der Waals surface area contributed by atoms with Crippen LogP contribution >= 0.6 is 11.6 Å². The Labute approximate surface area is 159 Å². The highest BCUT2D eigenvalue weighted by Crippen LogP contribution is 2.22. The Morgan fingerprint density at radius 3 is 2.74 bits per heavy atom. The quantitative estimate of drug-likeness (QED) is 0.385. The van der Waals surface area contributed by atoms with E-state index in [0.29, 0.717) is 16.2 Å². The molecule has 2 aromatic heterocycles. The number of carbonyl (C=O) groups excluding carboxylic acids is 2. The van der Waals surface area contributed by atoms with Gasteiger partial charge in [0.25, 0.3) is 0 Å². The fourth-order valence-corrected chi connectivity index (χ4v) is 2.70. The standard InChI is InChI=1S/C17H15BClN3O5/c19-11-5-6-20-15(8-11)22-17(24)16(23)21-14(18(25)26)7-10-9-27-13-4-2-1-3-12(10)13/h1-6,8-9,14,25-26H,7H2,(H,21,23)(H,20,22,24)/t14-/m0/s1. The van der Waals surface area contributed by atoms with Gasteiger partial charge in [0.2, 0.25) is 0 Å². The Morgan fingerprint density at radius 1 is 1.22 bits per heavy atom. The van der Waals surface area contributed by atoms with E-state index in [0.717, 1.165) is 5.39 Å². The van der Waals surface area contributed by atoms with Gasteiger partial charge >= 0.3 is 18.9 Å². The second kappa shape index (κ2) is 8.21. The van der Waals surface area contributed by atoms with E-state index < -0.39 is 24.9 Å². The highest BCUT2D eigenvalue weighted by molar-refractivity contribution is 6.46. The van der Waals surface area contributed by atoms with Crippen molar-refractivity contribution >= 4 is 47.3 Å². The fraction of sp³-hybridized carbons (Fsp3) is 0.118. The molecule has 4 N–H and O–H groups in total. The molecule has 3 rings (SSSR count). The molecule has 27 heavy (non-hydrogen) atoms. The topological polar surface area (TPSA) is 125 Å². The summed E-state index contributed by atoms with van der Waals surface area (Å²) in [6.45, 7) is 0. The number of anilines is 1. The molecule has 0 spiro atoms. The predicted octanol–water partition coefficient (Wildman–Crippen LogP) is 1.16. The lowest BCUT2D eigenvalue weighted by atomic mass is 9.76. The number of nitrogens with one attached hydrogen (secondary N) is 2. The SMILES string of the molecule is O=C(Nc1cc(Cl)ccn1)C(=O)N[C@@H](Cc1coc2ccccc12)B(O)O. The van der Waals surface area contributed by atoms with E-state index in [-0.39, 0.29) is 12.2 Å². The van der Waals surface area contributed by atoms with Crippen LogP contribution in [0.4, 0.5) is 5.82 Å². The summed E-state index contributed by atoms with van der Waals surface area (Å²) in [6, 6.07) is 10.1. The molecule has 0 aliphatic rings. The van der Waals surface area contributed by atoms with E-state index >= 15 is 0 Å². The van der Waals surface area contributed by atoms with E-state index in [4.69, 9.17) is 16.0 Å². The van der Waals surface area contributed by atoms with Crippen LogP contribution in [0.5, 0.6) is 0 Å². The number of nitrogens with zero attached hydrogens (tertiary/aromatic N) is 1. The summed E-state index contributed by atoms with van der Waals surface area (Å²) in [7, 11) is -1.88. The zero-order chi connectivity index (χ0) is 19.4. The maximum Gasteiger partial charge on any atom is 0.475 e. The number of para-hydroxylation sites is 1. The minimum Gasteiger partial charge on any atom is -0.464 e. The number of pyridine rings is 1. The summed E-state index contributed by atoms with van der Waals surface area (Å²) in [5.74, 6) is -3.06. The number of aromatic nitrogens is 1. The molecule has 1 aromatic carbocycles. The minimum absolute atomic E-state index is 0.0586. The molecule has 0 fully saturated rings. The van der Waals surface area contributed by atoms with Gasteiger partial charge in [-0.05, 0) is 30.2 Å². The lowest BCUT2D eigenvalue weighted by Gasteiger charge is -2.17. The maximum atomic E-state index is 12.1. The normalized spacial score (nSPS) is 11.8. The van der Waals surface area contributed by atoms with Gasteiger partial charge in [0.05, 0.1) is 12.2 Å². The number of fused-ring (bicyclic) bond motifs is 1. The van der Waals surface area contributed by atoms with E-state index in [2.05, 4.69) is 15.6 Å². The minimum atomic E-state index is -1.88. The number of benzene rings is 1. The van der Waals surface area contributed by atoms with Crippen molar-refractivity contribution in [2.75, 3.05) is 5.32 Å². The number of hydrogen-bond donors (Lipinski definition) is 4. The molecule has 138 valence electrons.